The Bertz CT molecular complexity index is 645. The van der Waals surface area contributed by atoms with Gasteiger partial charge in [-0.15, -0.1) is 0 Å². The van der Waals surface area contributed by atoms with E-state index in [9.17, 15) is 4.79 Å². The summed E-state index contributed by atoms with van der Waals surface area (Å²) in [6.45, 7) is 0.379. The van der Waals surface area contributed by atoms with Crippen LogP contribution in [0.4, 0.5) is 0 Å². The lowest BCUT2D eigenvalue weighted by Crippen LogP contribution is -2.29. The van der Waals surface area contributed by atoms with Crippen molar-refractivity contribution in [3.63, 3.8) is 0 Å². The Balaban J connectivity index is 2.05. The summed E-state index contributed by atoms with van der Waals surface area (Å²) in [4.78, 5) is 12.2. The van der Waals surface area contributed by atoms with Crippen LogP contribution in [0.2, 0.25) is 0 Å². The van der Waals surface area contributed by atoms with Gasteiger partial charge in [-0.3, -0.25) is 4.79 Å². The number of carbonyl (C=O) groups is 1. The van der Waals surface area contributed by atoms with Crippen molar-refractivity contribution < 1.29 is 14.3 Å². The van der Waals surface area contributed by atoms with Gasteiger partial charge < -0.3 is 14.8 Å². The molecule has 0 bridgehead atoms. The number of amides is 1. The van der Waals surface area contributed by atoms with Gasteiger partial charge in [0.2, 0.25) is 0 Å². The first-order valence-corrected chi connectivity index (χ1v) is 7.64. The third-order valence-corrected chi connectivity index (χ3v) is 4.01. The molecule has 0 saturated heterocycles. The third kappa shape index (κ3) is 4.08. The predicted molar refractivity (Wildman–Crippen MR) is 89.2 cm³/mol. The van der Waals surface area contributed by atoms with Gasteiger partial charge in [0.25, 0.3) is 5.91 Å². The molecule has 1 atom stereocenters. The molecule has 4 nitrogen and oxygen atoms in total. The van der Waals surface area contributed by atoms with Gasteiger partial charge in [-0.1, -0.05) is 24.3 Å². The van der Waals surface area contributed by atoms with Crippen LogP contribution in [0.15, 0.2) is 53.0 Å². The number of hydrogen-bond acceptors (Lipinski definition) is 3. The second-order valence-corrected chi connectivity index (χ2v) is 5.55. The predicted octanol–water partition coefficient (Wildman–Crippen LogP) is 3.58. The lowest BCUT2D eigenvalue weighted by molar-refractivity contribution is 0.0827. The first-order valence-electron chi connectivity index (χ1n) is 6.85. The Morgan fingerprint density at radius 1 is 1.18 bits per heavy atom. The summed E-state index contributed by atoms with van der Waals surface area (Å²) in [5.41, 5.74) is 1.55. The van der Waals surface area contributed by atoms with Crippen molar-refractivity contribution in [1.29, 1.82) is 0 Å². The molecule has 0 aliphatic carbocycles. The van der Waals surface area contributed by atoms with E-state index in [4.69, 9.17) is 9.47 Å². The quantitative estimate of drug-likeness (QED) is 0.853. The fourth-order valence-electron chi connectivity index (χ4n) is 2.11. The Hall–Kier alpha value is -1.85. The van der Waals surface area contributed by atoms with E-state index in [0.29, 0.717) is 12.1 Å². The van der Waals surface area contributed by atoms with E-state index in [0.717, 1.165) is 15.8 Å². The van der Waals surface area contributed by atoms with Crippen LogP contribution in [-0.4, -0.2) is 26.7 Å². The highest BCUT2D eigenvalue weighted by atomic mass is 79.9. The minimum absolute atomic E-state index is 0.141. The molecule has 0 aromatic heterocycles. The number of benzene rings is 2. The lowest BCUT2D eigenvalue weighted by Gasteiger charge is -2.17. The van der Waals surface area contributed by atoms with E-state index in [-0.39, 0.29) is 12.0 Å². The number of halogens is 1. The number of methoxy groups -OCH3 is 2. The second-order valence-electron chi connectivity index (χ2n) is 4.69. The average molecular weight is 364 g/mol. The highest BCUT2D eigenvalue weighted by Crippen LogP contribution is 2.21. The zero-order valence-corrected chi connectivity index (χ0v) is 14.1. The molecular formula is C17H18BrNO3. The summed E-state index contributed by atoms with van der Waals surface area (Å²) in [6.07, 6.45) is -0.235. The summed E-state index contributed by atoms with van der Waals surface area (Å²) in [7, 11) is 3.24. The molecule has 1 unspecified atom stereocenters. The third-order valence-electron chi connectivity index (χ3n) is 3.32. The van der Waals surface area contributed by atoms with E-state index in [1.165, 1.54) is 0 Å². The van der Waals surface area contributed by atoms with Gasteiger partial charge in [0.15, 0.2) is 0 Å². The molecule has 0 heterocycles. The molecule has 116 valence electrons. The molecule has 1 N–H and O–H groups in total. The number of hydrogen-bond donors (Lipinski definition) is 1. The van der Waals surface area contributed by atoms with Crippen molar-refractivity contribution in [3.8, 4) is 5.75 Å². The van der Waals surface area contributed by atoms with Gasteiger partial charge in [0.05, 0.1) is 18.8 Å². The van der Waals surface area contributed by atoms with Crippen LogP contribution in [0, 0.1) is 0 Å². The summed E-state index contributed by atoms with van der Waals surface area (Å²) in [5.74, 6) is 0.620. The molecule has 0 radical (unpaired) electrons. The van der Waals surface area contributed by atoms with Crippen LogP contribution in [-0.2, 0) is 4.74 Å². The fraction of sp³-hybridized carbons (Fsp3) is 0.235. The second kappa shape index (κ2) is 7.96. The molecule has 22 heavy (non-hydrogen) atoms. The summed E-state index contributed by atoms with van der Waals surface area (Å²) >= 11 is 3.38. The highest BCUT2D eigenvalue weighted by molar-refractivity contribution is 9.10. The molecule has 0 saturated carbocycles. The smallest absolute Gasteiger partial charge is 0.252 e. The Morgan fingerprint density at radius 2 is 1.95 bits per heavy atom. The molecule has 2 rings (SSSR count). The van der Waals surface area contributed by atoms with Crippen molar-refractivity contribution >= 4 is 21.8 Å². The monoisotopic (exact) mass is 363 g/mol. The molecule has 0 spiro atoms. The summed E-state index contributed by atoms with van der Waals surface area (Å²) in [6, 6.07) is 14.9. The van der Waals surface area contributed by atoms with E-state index in [1.807, 2.05) is 42.5 Å². The number of ether oxygens (including phenoxy) is 2. The zero-order chi connectivity index (χ0) is 15.9. The zero-order valence-electron chi connectivity index (χ0n) is 12.5. The van der Waals surface area contributed by atoms with Gasteiger partial charge in [0, 0.05) is 18.1 Å². The van der Waals surface area contributed by atoms with Crippen LogP contribution in [0.25, 0.3) is 0 Å². The Labute approximate surface area is 138 Å². The van der Waals surface area contributed by atoms with Crippen LogP contribution in [0.1, 0.15) is 22.0 Å². The van der Waals surface area contributed by atoms with Crippen LogP contribution >= 0.6 is 15.9 Å². The first kappa shape index (κ1) is 16.5. The maximum Gasteiger partial charge on any atom is 0.252 e. The van der Waals surface area contributed by atoms with Gasteiger partial charge in [-0.05, 0) is 45.8 Å². The Morgan fingerprint density at radius 3 is 2.64 bits per heavy atom. The fourth-order valence-corrected chi connectivity index (χ4v) is 2.57. The molecule has 2 aromatic rings. The highest BCUT2D eigenvalue weighted by Gasteiger charge is 2.15. The number of nitrogens with one attached hydrogen (secondary N) is 1. The van der Waals surface area contributed by atoms with Crippen LogP contribution in [0.5, 0.6) is 5.75 Å². The molecule has 0 aliphatic rings. The lowest BCUT2D eigenvalue weighted by atomic mass is 10.1. The minimum Gasteiger partial charge on any atom is -0.497 e. The van der Waals surface area contributed by atoms with Gasteiger partial charge >= 0.3 is 0 Å². The van der Waals surface area contributed by atoms with Crippen molar-refractivity contribution in [2.45, 2.75) is 6.10 Å². The molecule has 0 aliphatic heterocycles. The van der Waals surface area contributed by atoms with Crippen molar-refractivity contribution in [2.24, 2.45) is 0 Å². The number of rotatable bonds is 6. The van der Waals surface area contributed by atoms with E-state index < -0.39 is 0 Å². The largest absolute Gasteiger partial charge is 0.497 e. The minimum atomic E-state index is -0.235. The maximum atomic E-state index is 12.2. The molecule has 1 amide bonds. The average Bonchev–Trinajstić information content (AvgIpc) is 2.56. The molecule has 0 fully saturated rings. The molecular weight excluding hydrogens is 346 g/mol. The SMILES string of the molecule is COc1cccc(C(CNC(=O)c2ccccc2Br)OC)c1. The van der Waals surface area contributed by atoms with Gasteiger partial charge in [0.1, 0.15) is 5.75 Å². The Kier molecular flexibility index (Phi) is 5.98. The molecule has 2 aromatic carbocycles. The van der Waals surface area contributed by atoms with Gasteiger partial charge in [-0.2, -0.15) is 0 Å². The first-order chi connectivity index (χ1) is 10.7. The van der Waals surface area contributed by atoms with Crippen molar-refractivity contribution in [1.82, 2.24) is 5.32 Å². The van der Waals surface area contributed by atoms with E-state index in [2.05, 4.69) is 21.2 Å². The van der Waals surface area contributed by atoms with Crippen LogP contribution in [0.3, 0.4) is 0 Å². The molecule has 5 heteroatoms. The normalized spacial score (nSPS) is 11.8. The standard InChI is InChI=1S/C17H18BrNO3/c1-21-13-7-5-6-12(10-13)16(22-2)11-19-17(20)14-8-3-4-9-15(14)18/h3-10,16H,11H2,1-2H3,(H,19,20). The van der Waals surface area contributed by atoms with Crippen LogP contribution < -0.4 is 10.1 Å². The van der Waals surface area contributed by atoms with Crippen molar-refractivity contribution in [2.75, 3.05) is 20.8 Å². The topological polar surface area (TPSA) is 47.6 Å². The summed E-state index contributed by atoms with van der Waals surface area (Å²) < 4.78 is 11.4. The number of carbonyl (C=O) groups excluding carboxylic acids is 1. The van der Waals surface area contributed by atoms with Gasteiger partial charge in [-0.25, -0.2) is 0 Å². The van der Waals surface area contributed by atoms with E-state index in [1.54, 1.807) is 20.3 Å². The summed E-state index contributed by atoms with van der Waals surface area (Å²) in [5, 5.41) is 2.89. The maximum absolute atomic E-state index is 12.2. The van der Waals surface area contributed by atoms with Crippen molar-refractivity contribution in [3.05, 3.63) is 64.1 Å². The van der Waals surface area contributed by atoms with E-state index >= 15 is 0 Å².